The maximum absolute atomic E-state index is 12.5. The van der Waals surface area contributed by atoms with Gasteiger partial charge in [-0.3, -0.25) is 9.59 Å². The number of nitrogens with one attached hydrogen (secondary N) is 2. The monoisotopic (exact) mass is 619 g/mol. The number of carbonyl (C=O) groups excluding carboxylic acids is 3. The second kappa shape index (κ2) is 12.2. The van der Waals surface area contributed by atoms with Gasteiger partial charge in [0.2, 0.25) is 0 Å². The van der Waals surface area contributed by atoms with Crippen molar-refractivity contribution in [3.05, 3.63) is 128 Å². The van der Waals surface area contributed by atoms with Crippen LogP contribution in [0.3, 0.4) is 0 Å². The fourth-order valence-corrected chi connectivity index (χ4v) is 3.82. The van der Waals surface area contributed by atoms with Crippen LogP contribution in [0.4, 0.5) is 5.69 Å². The Morgan fingerprint density at radius 1 is 0.703 bits per heavy atom. The molecule has 0 heterocycles. The van der Waals surface area contributed by atoms with Gasteiger partial charge < -0.3 is 10.1 Å². The zero-order valence-electron chi connectivity index (χ0n) is 19.2. The molecule has 0 radical (unpaired) electrons. The molecule has 0 atom stereocenters. The highest BCUT2D eigenvalue weighted by atomic mass is 79.9. The van der Waals surface area contributed by atoms with E-state index in [-0.39, 0.29) is 5.91 Å². The fraction of sp³-hybridized carbons (Fsp3) is 0. The van der Waals surface area contributed by atoms with Crippen LogP contribution in [0.5, 0.6) is 5.75 Å². The summed E-state index contributed by atoms with van der Waals surface area (Å²) in [5.74, 6) is -0.915. The molecule has 37 heavy (non-hydrogen) atoms. The average molecular weight is 621 g/mol. The van der Waals surface area contributed by atoms with Crippen molar-refractivity contribution in [1.29, 1.82) is 0 Å². The summed E-state index contributed by atoms with van der Waals surface area (Å²) in [5.41, 5.74) is 4.77. The number of anilines is 1. The lowest BCUT2D eigenvalue weighted by Gasteiger charge is -2.08. The molecule has 0 unspecified atom stereocenters. The summed E-state index contributed by atoms with van der Waals surface area (Å²) in [5, 5.41) is 6.79. The number of nitrogens with zero attached hydrogens (tertiary/aromatic N) is 1. The van der Waals surface area contributed by atoms with Crippen LogP contribution in [0.1, 0.15) is 36.6 Å². The molecule has 0 saturated heterocycles. The standard InChI is InChI=1S/C28H19Br2N3O4/c29-22-10-6-18(7-11-22)26(34)32-24-13-8-19(9-14-24)27(35)33-31-17-21-16-23(30)12-15-25(21)37-28(36)20-4-2-1-3-5-20/h1-17H,(H,32,34)(H,33,35)/b31-17-. The minimum atomic E-state index is -0.506. The lowest BCUT2D eigenvalue weighted by Crippen LogP contribution is -2.18. The normalized spacial score (nSPS) is 10.6. The number of hydrogen-bond donors (Lipinski definition) is 2. The van der Waals surface area contributed by atoms with E-state index in [2.05, 4.69) is 47.7 Å². The van der Waals surface area contributed by atoms with Crippen molar-refractivity contribution in [2.75, 3.05) is 5.32 Å². The van der Waals surface area contributed by atoms with Gasteiger partial charge in [-0.05, 0) is 78.9 Å². The van der Waals surface area contributed by atoms with E-state index >= 15 is 0 Å². The third kappa shape index (κ3) is 7.22. The van der Waals surface area contributed by atoms with Crippen molar-refractivity contribution < 1.29 is 19.1 Å². The van der Waals surface area contributed by atoms with Gasteiger partial charge in [0.05, 0.1) is 11.8 Å². The van der Waals surface area contributed by atoms with E-state index in [1.807, 2.05) is 6.07 Å². The van der Waals surface area contributed by atoms with Gasteiger partial charge in [-0.2, -0.15) is 5.10 Å². The highest BCUT2D eigenvalue weighted by molar-refractivity contribution is 9.10. The summed E-state index contributed by atoms with van der Waals surface area (Å²) in [6.07, 6.45) is 1.39. The van der Waals surface area contributed by atoms with E-state index in [1.54, 1.807) is 91.0 Å². The van der Waals surface area contributed by atoms with Crippen molar-refractivity contribution in [1.82, 2.24) is 5.43 Å². The number of hydrazone groups is 1. The second-order valence-electron chi connectivity index (χ2n) is 7.68. The molecule has 0 bridgehead atoms. The molecule has 7 nitrogen and oxygen atoms in total. The maximum atomic E-state index is 12.5. The molecule has 0 aliphatic heterocycles. The van der Waals surface area contributed by atoms with Gasteiger partial charge in [0.1, 0.15) is 5.75 Å². The first-order valence-electron chi connectivity index (χ1n) is 11.0. The van der Waals surface area contributed by atoms with Crippen LogP contribution in [0, 0.1) is 0 Å². The van der Waals surface area contributed by atoms with Gasteiger partial charge in [0, 0.05) is 31.3 Å². The summed E-state index contributed by atoms with van der Waals surface area (Å²) in [4.78, 5) is 37.3. The molecule has 0 aliphatic carbocycles. The minimum Gasteiger partial charge on any atom is -0.422 e. The molecular weight excluding hydrogens is 602 g/mol. The number of esters is 1. The van der Waals surface area contributed by atoms with Gasteiger partial charge >= 0.3 is 5.97 Å². The Hall–Kier alpha value is -4.08. The smallest absolute Gasteiger partial charge is 0.343 e. The molecule has 4 aromatic carbocycles. The van der Waals surface area contributed by atoms with Gasteiger partial charge in [-0.15, -0.1) is 0 Å². The van der Waals surface area contributed by atoms with Crippen molar-refractivity contribution >= 4 is 61.5 Å². The van der Waals surface area contributed by atoms with Crippen molar-refractivity contribution in [2.45, 2.75) is 0 Å². The minimum absolute atomic E-state index is 0.257. The first-order valence-corrected chi connectivity index (χ1v) is 12.5. The summed E-state index contributed by atoms with van der Waals surface area (Å²) in [6, 6.07) is 27.1. The van der Waals surface area contributed by atoms with E-state index < -0.39 is 11.9 Å². The predicted octanol–water partition coefficient (Wildman–Crippen LogP) is 6.45. The molecule has 4 aromatic rings. The van der Waals surface area contributed by atoms with Crippen LogP contribution < -0.4 is 15.5 Å². The molecule has 2 N–H and O–H groups in total. The number of benzene rings is 4. The molecule has 0 spiro atoms. The van der Waals surface area contributed by atoms with Crippen molar-refractivity contribution in [3.63, 3.8) is 0 Å². The Bertz CT molecular complexity index is 1460. The van der Waals surface area contributed by atoms with Gasteiger partial charge in [0.25, 0.3) is 11.8 Å². The van der Waals surface area contributed by atoms with Crippen molar-refractivity contribution in [3.8, 4) is 5.75 Å². The second-order valence-corrected chi connectivity index (χ2v) is 9.51. The number of halogens is 2. The van der Waals surface area contributed by atoms with Crippen LogP contribution in [-0.4, -0.2) is 24.0 Å². The van der Waals surface area contributed by atoms with Gasteiger partial charge in [0.15, 0.2) is 0 Å². The first-order chi connectivity index (χ1) is 17.9. The molecular formula is C28H19Br2N3O4. The Kier molecular flexibility index (Phi) is 8.60. The largest absolute Gasteiger partial charge is 0.422 e. The van der Waals surface area contributed by atoms with Crippen molar-refractivity contribution in [2.24, 2.45) is 5.10 Å². The number of amides is 2. The van der Waals surface area contributed by atoms with Crippen LogP contribution in [0.25, 0.3) is 0 Å². The Balaban J connectivity index is 1.38. The quantitative estimate of drug-likeness (QED) is 0.107. The molecule has 0 fully saturated rings. The maximum Gasteiger partial charge on any atom is 0.343 e. The third-order valence-corrected chi connectivity index (χ3v) is 6.09. The molecule has 0 saturated carbocycles. The van der Waals surface area contributed by atoms with E-state index in [4.69, 9.17) is 4.74 Å². The van der Waals surface area contributed by atoms with Gasteiger partial charge in [-0.1, -0.05) is 50.1 Å². The zero-order chi connectivity index (χ0) is 26.2. The number of rotatable bonds is 7. The summed E-state index contributed by atoms with van der Waals surface area (Å²) < 4.78 is 7.14. The SMILES string of the molecule is O=C(N/N=C\c1cc(Br)ccc1OC(=O)c1ccccc1)c1ccc(NC(=O)c2ccc(Br)cc2)cc1. The van der Waals surface area contributed by atoms with Crippen LogP contribution in [-0.2, 0) is 0 Å². The molecule has 184 valence electrons. The van der Waals surface area contributed by atoms with E-state index in [0.29, 0.717) is 33.7 Å². The number of carbonyl (C=O) groups is 3. The Morgan fingerprint density at radius 3 is 2.03 bits per heavy atom. The molecule has 0 aromatic heterocycles. The summed E-state index contributed by atoms with van der Waals surface area (Å²) in [7, 11) is 0. The number of ether oxygens (including phenoxy) is 1. The predicted molar refractivity (Wildman–Crippen MR) is 149 cm³/mol. The lowest BCUT2D eigenvalue weighted by molar-refractivity contribution is 0.0734. The molecule has 0 aliphatic rings. The first kappa shape index (κ1) is 26.0. The highest BCUT2D eigenvalue weighted by Gasteiger charge is 2.12. The molecule has 4 rings (SSSR count). The lowest BCUT2D eigenvalue weighted by atomic mass is 10.1. The fourth-order valence-electron chi connectivity index (χ4n) is 3.18. The molecule has 9 heteroatoms. The van der Waals surface area contributed by atoms with E-state index in [9.17, 15) is 14.4 Å². The number of hydrogen-bond acceptors (Lipinski definition) is 5. The zero-order valence-corrected chi connectivity index (χ0v) is 22.3. The van der Waals surface area contributed by atoms with E-state index in [0.717, 1.165) is 8.95 Å². The van der Waals surface area contributed by atoms with Crippen LogP contribution >= 0.6 is 31.9 Å². The average Bonchev–Trinajstić information content (AvgIpc) is 2.91. The third-order valence-electron chi connectivity index (χ3n) is 5.07. The highest BCUT2D eigenvalue weighted by Crippen LogP contribution is 2.23. The molecule has 2 amide bonds. The summed E-state index contributed by atoms with van der Waals surface area (Å²) in [6.45, 7) is 0. The Labute approximate surface area is 229 Å². The Morgan fingerprint density at radius 2 is 1.32 bits per heavy atom. The van der Waals surface area contributed by atoms with E-state index in [1.165, 1.54) is 6.21 Å². The van der Waals surface area contributed by atoms with Gasteiger partial charge in [-0.25, -0.2) is 10.2 Å². The van der Waals surface area contributed by atoms with Crippen LogP contribution in [0.2, 0.25) is 0 Å². The topological polar surface area (TPSA) is 96.9 Å². The van der Waals surface area contributed by atoms with Crippen LogP contribution in [0.15, 0.2) is 111 Å². The summed E-state index contributed by atoms with van der Waals surface area (Å²) >= 11 is 6.72.